The number of carbonyl (C=O) groups excluding carboxylic acids is 1. The first kappa shape index (κ1) is 16.6. The van der Waals surface area contributed by atoms with Crippen LogP contribution in [0, 0.1) is 5.82 Å². The van der Waals surface area contributed by atoms with Gasteiger partial charge in [0.2, 0.25) is 0 Å². The molecular weight excluding hydrogens is 342 g/mol. The molecule has 0 amide bonds. The van der Waals surface area contributed by atoms with Crippen molar-refractivity contribution >= 4 is 6.47 Å². The molecule has 3 rings (SSSR count). The molecule has 25 heavy (non-hydrogen) atoms. The van der Waals surface area contributed by atoms with E-state index in [9.17, 15) is 22.4 Å². The van der Waals surface area contributed by atoms with Crippen molar-refractivity contribution in [3.8, 4) is 22.7 Å². The molecule has 0 spiro atoms. The monoisotopic (exact) mass is 351 g/mol. The summed E-state index contributed by atoms with van der Waals surface area (Å²) in [6.45, 7) is 0.279. The highest BCUT2D eigenvalue weighted by Gasteiger charge is 2.31. The van der Waals surface area contributed by atoms with E-state index in [-0.39, 0.29) is 12.2 Å². The van der Waals surface area contributed by atoms with Crippen LogP contribution in [0.1, 0.15) is 5.56 Å². The van der Waals surface area contributed by atoms with Crippen molar-refractivity contribution in [2.75, 3.05) is 0 Å². The topological polar surface area (TPSA) is 57.0 Å². The van der Waals surface area contributed by atoms with Crippen LogP contribution in [0.5, 0.6) is 5.75 Å². The van der Waals surface area contributed by atoms with Gasteiger partial charge in [-0.25, -0.2) is 9.07 Å². The van der Waals surface area contributed by atoms with Gasteiger partial charge < -0.3 is 4.74 Å². The van der Waals surface area contributed by atoms with Crippen LogP contribution in [0.2, 0.25) is 0 Å². The molecular formula is C16H9F4N3O2. The molecule has 0 aliphatic heterocycles. The zero-order valence-corrected chi connectivity index (χ0v) is 12.4. The minimum absolute atomic E-state index is 0.279. The molecule has 0 radical (unpaired) electrons. The van der Waals surface area contributed by atoms with E-state index in [1.807, 2.05) is 0 Å². The van der Waals surface area contributed by atoms with Gasteiger partial charge in [-0.3, -0.25) is 4.79 Å². The second-order valence-electron chi connectivity index (χ2n) is 4.95. The van der Waals surface area contributed by atoms with Gasteiger partial charge in [0.25, 0.3) is 6.47 Å². The lowest BCUT2D eigenvalue weighted by Gasteiger charge is -2.09. The van der Waals surface area contributed by atoms with Crippen molar-refractivity contribution in [3.05, 3.63) is 60.0 Å². The van der Waals surface area contributed by atoms with E-state index < -0.39 is 17.6 Å². The predicted octanol–water partition coefficient (Wildman–Crippen LogP) is 3.63. The number of hydrogen-bond acceptors (Lipinski definition) is 4. The van der Waals surface area contributed by atoms with Crippen LogP contribution in [0.15, 0.2) is 48.7 Å². The summed E-state index contributed by atoms with van der Waals surface area (Å²) in [5.41, 5.74) is -0.475. The van der Waals surface area contributed by atoms with Gasteiger partial charge in [-0.1, -0.05) is 5.21 Å². The summed E-state index contributed by atoms with van der Waals surface area (Å²) in [6, 6.07) is 8.22. The van der Waals surface area contributed by atoms with Gasteiger partial charge in [0, 0.05) is 5.56 Å². The van der Waals surface area contributed by atoms with Crippen molar-refractivity contribution in [2.45, 2.75) is 6.18 Å². The summed E-state index contributed by atoms with van der Waals surface area (Å²) in [5.74, 6) is -0.547. The van der Waals surface area contributed by atoms with E-state index in [2.05, 4.69) is 15.0 Å². The third-order valence-electron chi connectivity index (χ3n) is 3.35. The van der Waals surface area contributed by atoms with E-state index in [0.717, 1.165) is 10.7 Å². The van der Waals surface area contributed by atoms with E-state index in [1.54, 1.807) is 12.1 Å². The Bertz CT molecular complexity index is 904. The SMILES string of the molecule is O=COc1ccc(-c2cn(-c3cc(C(F)(F)F)ccc3F)nn2)cc1. The molecule has 3 aromatic rings. The predicted molar refractivity (Wildman–Crippen MR) is 78.4 cm³/mol. The van der Waals surface area contributed by atoms with Crippen molar-refractivity contribution in [1.29, 1.82) is 0 Å². The molecule has 0 saturated heterocycles. The molecule has 0 atom stereocenters. The second kappa shape index (κ2) is 6.34. The minimum atomic E-state index is -4.60. The molecule has 5 nitrogen and oxygen atoms in total. The van der Waals surface area contributed by atoms with Crippen LogP contribution in [0.4, 0.5) is 17.6 Å². The number of alkyl halides is 3. The molecule has 0 unspecified atom stereocenters. The van der Waals surface area contributed by atoms with E-state index in [0.29, 0.717) is 29.1 Å². The number of ether oxygens (including phenoxy) is 1. The number of rotatable bonds is 4. The quantitative estimate of drug-likeness (QED) is 0.532. The van der Waals surface area contributed by atoms with Gasteiger partial charge in [0.05, 0.1) is 11.8 Å². The number of carbonyl (C=O) groups is 1. The Hall–Kier alpha value is -3.23. The Morgan fingerprint density at radius 1 is 1.08 bits per heavy atom. The Kier molecular flexibility index (Phi) is 4.22. The Morgan fingerprint density at radius 3 is 2.44 bits per heavy atom. The highest BCUT2D eigenvalue weighted by molar-refractivity contribution is 5.60. The summed E-state index contributed by atoms with van der Waals surface area (Å²) in [6.07, 6.45) is -3.30. The molecule has 0 aliphatic rings. The minimum Gasteiger partial charge on any atom is -0.429 e. The molecule has 0 saturated carbocycles. The zero-order chi connectivity index (χ0) is 18.0. The van der Waals surface area contributed by atoms with Crippen LogP contribution in [-0.4, -0.2) is 21.5 Å². The van der Waals surface area contributed by atoms with Crippen LogP contribution in [-0.2, 0) is 11.0 Å². The number of aromatic nitrogens is 3. The Morgan fingerprint density at radius 2 is 1.80 bits per heavy atom. The summed E-state index contributed by atoms with van der Waals surface area (Å²) < 4.78 is 57.8. The molecule has 0 fully saturated rings. The number of benzene rings is 2. The number of halogens is 4. The summed E-state index contributed by atoms with van der Waals surface area (Å²) in [7, 11) is 0. The lowest BCUT2D eigenvalue weighted by atomic mass is 10.1. The maximum atomic E-state index is 13.9. The van der Waals surface area contributed by atoms with Crippen molar-refractivity contribution < 1.29 is 27.1 Å². The molecule has 128 valence electrons. The average Bonchev–Trinajstić information content (AvgIpc) is 3.05. The van der Waals surface area contributed by atoms with E-state index in [4.69, 9.17) is 0 Å². The number of hydrogen-bond donors (Lipinski definition) is 0. The average molecular weight is 351 g/mol. The first-order valence-corrected chi connectivity index (χ1v) is 6.88. The molecule has 1 heterocycles. The Balaban J connectivity index is 1.95. The van der Waals surface area contributed by atoms with E-state index >= 15 is 0 Å². The summed E-state index contributed by atoms with van der Waals surface area (Å²) >= 11 is 0. The third-order valence-corrected chi connectivity index (χ3v) is 3.35. The van der Waals surface area contributed by atoms with Gasteiger partial charge in [-0.05, 0) is 42.5 Å². The van der Waals surface area contributed by atoms with Crippen molar-refractivity contribution in [3.63, 3.8) is 0 Å². The van der Waals surface area contributed by atoms with Gasteiger partial charge in [0.15, 0.2) is 0 Å². The third kappa shape index (κ3) is 3.49. The summed E-state index contributed by atoms with van der Waals surface area (Å²) in [4.78, 5) is 10.3. The highest BCUT2D eigenvalue weighted by atomic mass is 19.4. The largest absolute Gasteiger partial charge is 0.429 e. The first-order chi connectivity index (χ1) is 11.9. The van der Waals surface area contributed by atoms with Gasteiger partial charge >= 0.3 is 6.18 Å². The summed E-state index contributed by atoms with van der Waals surface area (Å²) in [5, 5.41) is 7.50. The number of nitrogens with zero attached hydrogens (tertiary/aromatic N) is 3. The van der Waals surface area contributed by atoms with Gasteiger partial charge in [-0.15, -0.1) is 5.10 Å². The van der Waals surface area contributed by atoms with Gasteiger partial charge in [0.1, 0.15) is 22.9 Å². The molecule has 2 aromatic carbocycles. The fourth-order valence-corrected chi connectivity index (χ4v) is 2.14. The molecule has 0 aliphatic carbocycles. The molecule has 0 N–H and O–H groups in total. The molecule has 1 aromatic heterocycles. The van der Waals surface area contributed by atoms with Crippen LogP contribution < -0.4 is 4.74 Å². The maximum absolute atomic E-state index is 13.9. The fourth-order valence-electron chi connectivity index (χ4n) is 2.14. The first-order valence-electron chi connectivity index (χ1n) is 6.88. The van der Waals surface area contributed by atoms with E-state index in [1.165, 1.54) is 18.3 Å². The smallest absolute Gasteiger partial charge is 0.416 e. The van der Waals surface area contributed by atoms with Crippen molar-refractivity contribution in [2.24, 2.45) is 0 Å². The lowest BCUT2D eigenvalue weighted by molar-refractivity contribution is -0.137. The maximum Gasteiger partial charge on any atom is 0.416 e. The second-order valence-corrected chi connectivity index (χ2v) is 4.95. The highest BCUT2D eigenvalue weighted by Crippen LogP contribution is 2.31. The lowest BCUT2D eigenvalue weighted by Crippen LogP contribution is -2.08. The standard InChI is InChI=1S/C16H9F4N3O2/c17-13-6-3-11(16(18,19)20)7-15(13)23-8-14(21-22-23)10-1-4-12(5-2-10)25-9-24/h1-9H. The van der Waals surface area contributed by atoms with Crippen LogP contribution in [0.25, 0.3) is 16.9 Å². The zero-order valence-electron chi connectivity index (χ0n) is 12.4. The molecule has 9 heteroatoms. The van der Waals surface area contributed by atoms with Crippen LogP contribution in [0.3, 0.4) is 0 Å². The van der Waals surface area contributed by atoms with Crippen molar-refractivity contribution in [1.82, 2.24) is 15.0 Å². The fraction of sp³-hybridized carbons (Fsp3) is 0.0625. The van der Waals surface area contributed by atoms with Gasteiger partial charge in [-0.2, -0.15) is 13.2 Å². The Labute approximate surface area is 138 Å². The molecule has 0 bridgehead atoms. The normalized spacial score (nSPS) is 11.4. The van der Waals surface area contributed by atoms with Crippen LogP contribution >= 0.6 is 0 Å².